The van der Waals surface area contributed by atoms with Crippen LogP contribution in [0.3, 0.4) is 0 Å². The van der Waals surface area contributed by atoms with Crippen LogP contribution in [-0.2, 0) is 26.0 Å². The zero-order chi connectivity index (χ0) is 19.6. The van der Waals surface area contributed by atoms with E-state index in [-0.39, 0.29) is 41.0 Å². The van der Waals surface area contributed by atoms with E-state index in [0.29, 0.717) is 17.5 Å². The predicted molar refractivity (Wildman–Crippen MR) is 105 cm³/mol. The zero-order valence-corrected chi connectivity index (χ0v) is 18.0. The number of ether oxygens (including phenoxy) is 1. The van der Waals surface area contributed by atoms with Crippen LogP contribution in [-0.4, -0.2) is 31.2 Å². The highest BCUT2D eigenvalue weighted by molar-refractivity contribution is 7.92. The van der Waals surface area contributed by atoms with Gasteiger partial charge in [0.2, 0.25) is 10.0 Å². The van der Waals surface area contributed by atoms with Gasteiger partial charge in [-0.15, -0.1) is 11.3 Å². The van der Waals surface area contributed by atoms with Gasteiger partial charge in [0, 0.05) is 22.6 Å². The number of nitrogens with zero attached hydrogens (tertiary/aromatic N) is 1. The summed E-state index contributed by atoms with van der Waals surface area (Å²) in [6, 6.07) is 0. The summed E-state index contributed by atoms with van der Waals surface area (Å²) in [4.78, 5) is 18.0. The number of esters is 1. The van der Waals surface area contributed by atoms with E-state index in [1.165, 1.54) is 16.2 Å². The Kier molecular flexibility index (Phi) is 4.57. The molecule has 6 unspecified atom stereocenters. The van der Waals surface area contributed by atoms with Crippen molar-refractivity contribution in [3.8, 4) is 0 Å². The first-order valence-electron chi connectivity index (χ1n) is 9.86. The smallest absolute Gasteiger partial charge is 0.309 e. The summed E-state index contributed by atoms with van der Waals surface area (Å²) in [6.07, 6.45) is 3.49. The van der Waals surface area contributed by atoms with Gasteiger partial charge in [-0.25, -0.2) is 13.4 Å². The Morgan fingerprint density at radius 3 is 2.78 bits per heavy atom. The topological polar surface area (TPSA) is 85.4 Å². The molecule has 0 spiro atoms. The number of aromatic nitrogens is 1. The Labute approximate surface area is 165 Å². The fraction of sp³-hybridized carbons (Fsp3) is 0.789. The molecule has 2 fully saturated rings. The number of hydrogen-bond acceptors (Lipinski definition) is 6. The second kappa shape index (κ2) is 6.44. The minimum Gasteiger partial charge on any atom is -0.461 e. The Hall–Kier alpha value is -1.15. The lowest BCUT2D eigenvalue weighted by Gasteiger charge is -2.51. The third-order valence-electron chi connectivity index (χ3n) is 6.87. The fourth-order valence-corrected chi connectivity index (χ4v) is 8.19. The Bertz CT molecular complexity index is 865. The Morgan fingerprint density at radius 1 is 1.33 bits per heavy atom. The molecular formula is C19H28N2O4S2. The highest BCUT2D eigenvalue weighted by atomic mass is 32.2. The van der Waals surface area contributed by atoms with Gasteiger partial charge in [0.15, 0.2) is 5.13 Å². The molecule has 2 aliphatic carbocycles. The van der Waals surface area contributed by atoms with Crippen molar-refractivity contribution in [1.82, 2.24) is 4.98 Å². The molecule has 8 heteroatoms. The van der Waals surface area contributed by atoms with Crippen LogP contribution in [0.25, 0.3) is 0 Å². The maximum atomic E-state index is 12.2. The maximum Gasteiger partial charge on any atom is 0.309 e. The van der Waals surface area contributed by atoms with Crippen molar-refractivity contribution in [2.24, 2.45) is 23.2 Å². The minimum atomic E-state index is -3.34. The number of fused-ring (bicyclic) bond motifs is 4. The second-order valence-corrected chi connectivity index (χ2v) is 11.7. The molecule has 0 radical (unpaired) electrons. The number of anilines is 1. The van der Waals surface area contributed by atoms with Gasteiger partial charge >= 0.3 is 5.97 Å². The van der Waals surface area contributed by atoms with Crippen LogP contribution in [0.15, 0.2) is 0 Å². The van der Waals surface area contributed by atoms with Crippen LogP contribution >= 0.6 is 11.3 Å². The quantitative estimate of drug-likeness (QED) is 0.765. The second-order valence-electron chi connectivity index (χ2n) is 8.79. The van der Waals surface area contributed by atoms with Gasteiger partial charge in [0.25, 0.3) is 0 Å². The molecule has 0 aromatic carbocycles. The summed E-state index contributed by atoms with van der Waals surface area (Å²) in [6.45, 7) is 8.28. The van der Waals surface area contributed by atoms with Crippen LogP contribution in [0.5, 0.6) is 0 Å². The molecule has 27 heavy (non-hydrogen) atoms. The van der Waals surface area contributed by atoms with Crippen molar-refractivity contribution in [2.75, 3.05) is 10.5 Å². The largest absolute Gasteiger partial charge is 0.461 e. The summed E-state index contributed by atoms with van der Waals surface area (Å²) < 4.78 is 32.7. The van der Waals surface area contributed by atoms with Gasteiger partial charge in [-0.3, -0.25) is 9.52 Å². The van der Waals surface area contributed by atoms with E-state index < -0.39 is 10.0 Å². The summed E-state index contributed by atoms with van der Waals surface area (Å²) in [5, 5.41) is 0.468. The van der Waals surface area contributed by atoms with Gasteiger partial charge in [-0.1, -0.05) is 27.7 Å². The zero-order valence-electron chi connectivity index (χ0n) is 16.3. The van der Waals surface area contributed by atoms with Crippen molar-refractivity contribution in [3.05, 3.63) is 10.6 Å². The van der Waals surface area contributed by atoms with E-state index in [1.54, 1.807) is 0 Å². The van der Waals surface area contributed by atoms with Gasteiger partial charge in [-0.2, -0.15) is 0 Å². The standard InChI is InChI=1S/C19H28N2O4S2/c1-5-8-27(23,24)21-18-20-15-11(3)14-16-12(10(2)17(22)25-16)6-7-19(14,4)9-13(15)26-18/h10-12,14,16H,5-9H2,1-4H3,(H,20,21). The van der Waals surface area contributed by atoms with E-state index in [9.17, 15) is 13.2 Å². The number of thiazole rings is 1. The molecule has 1 aromatic heterocycles. The lowest BCUT2D eigenvalue weighted by atomic mass is 9.54. The molecule has 0 bridgehead atoms. The van der Waals surface area contributed by atoms with Gasteiger partial charge in [0.1, 0.15) is 6.10 Å². The average Bonchev–Trinajstić information content (AvgIpc) is 3.07. The molecule has 3 aliphatic rings. The summed E-state index contributed by atoms with van der Waals surface area (Å²) in [5.74, 6) is 0.675. The molecule has 0 amide bonds. The van der Waals surface area contributed by atoms with E-state index in [0.717, 1.165) is 25.0 Å². The van der Waals surface area contributed by atoms with Crippen LogP contribution < -0.4 is 4.72 Å². The van der Waals surface area contributed by atoms with Gasteiger partial charge in [-0.05, 0) is 31.1 Å². The maximum absolute atomic E-state index is 12.2. The first-order valence-corrected chi connectivity index (χ1v) is 12.3. The molecular weight excluding hydrogens is 384 g/mol. The van der Waals surface area contributed by atoms with E-state index in [2.05, 4.69) is 23.6 Å². The molecule has 1 saturated carbocycles. The molecule has 6 nitrogen and oxygen atoms in total. The predicted octanol–water partition coefficient (Wildman–Crippen LogP) is 3.55. The molecule has 1 N–H and O–H groups in total. The number of carbonyl (C=O) groups is 1. The first kappa shape index (κ1) is 19.2. The van der Waals surface area contributed by atoms with E-state index in [4.69, 9.17) is 4.74 Å². The Balaban J connectivity index is 1.66. The molecule has 1 saturated heterocycles. The van der Waals surface area contributed by atoms with E-state index in [1.807, 2.05) is 13.8 Å². The molecule has 150 valence electrons. The highest BCUT2D eigenvalue weighted by Gasteiger charge is 2.58. The number of rotatable bonds is 4. The molecule has 2 heterocycles. The first-order chi connectivity index (χ1) is 12.6. The SMILES string of the molecule is CCCS(=O)(=O)Nc1nc2c(s1)CC1(C)CCC3C(C)C(=O)OC3C1C2C. The van der Waals surface area contributed by atoms with Crippen LogP contribution in [0.2, 0.25) is 0 Å². The number of hydrogen-bond donors (Lipinski definition) is 1. The summed E-state index contributed by atoms with van der Waals surface area (Å²) >= 11 is 1.46. The van der Waals surface area contributed by atoms with E-state index >= 15 is 0 Å². The number of sulfonamides is 1. The summed E-state index contributed by atoms with van der Waals surface area (Å²) in [7, 11) is -3.34. The van der Waals surface area contributed by atoms with Gasteiger partial charge in [0.05, 0.1) is 17.4 Å². The minimum absolute atomic E-state index is 0.0278. The van der Waals surface area contributed by atoms with Crippen molar-refractivity contribution >= 4 is 32.5 Å². The van der Waals surface area contributed by atoms with Crippen LogP contribution in [0, 0.1) is 23.2 Å². The Morgan fingerprint density at radius 2 is 2.07 bits per heavy atom. The number of nitrogens with one attached hydrogen (secondary N) is 1. The lowest BCUT2D eigenvalue weighted by Crippen LogP contribution is -2.50. The van der Waals surface area contributed by atoms with Crippen molar-refractivity contribution in [2.45, 2.75) is 65.4 Å². The van der Waals surface area contributed by atoms with Crippen LogP contribution in [0.4, 0.5) is 5.13 Å². The third kappa shape index (κ3) is 3.09. The normalized spacial score (nSPS) is 37.9. The molecule has 1 aromatic rings. The lowest BCUT2D eigenvalue weighted by molar-refractivity contribution is -0.149. The summed E-state index contributed by atoms with van der Waals surface area (Å²) in [5.41, 5.74) is 1.04. The molecule has 4 rings (SSSR count). The monoisotopic (exact) mass is 412 g/mol. The highest BCUT2D eigenvalue weighted by Crippen LogP contribution is 2.59. The van der Waals surface area contributed by atoms with Crippen LogP contribution in [0.1, 0.15) is 63.4 Å². The van der Waals surface area contributed by atoms with Gasteiger partial charge < -0.3 is 4.74 Å². The number of carbonyl (C=O) groups excluding carboxylic acids is 1. The van der Waals surface area contributed by atoms with Crippen molar-refractivity contribution in [3.63, 3.8) is 0 Å². The fourth-order valence-electron chi connectivity index (χ4n) is 5.58. The average molecular weight is 413 g/mol. The van der Waals surface area contributed by atoms with Crippen molar-refractivity contribution in [1.29, 1.82) is 0 Å². The van der Waals surface area contributed by atoms with Crippen molar-refractivity contribution < 1.29 is 17.9 Å². The molecule has 6 atom stereocenters. The molecule has 1 aliphatic heterocycles. The third-order valence-corrected chi connectivity index (χ3v) is 9.44.